The molecule has 7 nitrogen and oxygen atoms in total. The first-order chi connectivity index (χ1) is 14.2. The molecule has 0 spiro atoms. The van der Waals surface area contributed by atoms with Gasteiger partial charge in [-0.2, -0.15) is 8.78 Å². The number of rotatable bonds is 9. The van der Waals surface area contributed by atoms with Crippen LogP contribution in [0.4, 0.5) is 14.5 Å². The van der Waals surface area contributed by atoms with Gasteiger partial charge in [0.2, 0.25) is 0 Å². The third-order valence-electron chi connectivity index (χ3n) is 3.71. The quantitative estimate of drug-likeness (QED) is 0.465. The summed E-state index contributed by atoms with van der Waals surface area (Å²) in [5.41, 5.74) is 0.709. The van der Waals surface area contributed by atoms with Crippen LogP contribution < -0.4 is 14.8 Å². The van der Waals surface area contributed by atoms with Crippen LogP contribution in [0.1, 0.15) is 24.2 Å². The van der Waals surface area contributed by atoms with Crippen LogP contribution in [-0.2, 0) is 14.3 Å². The highest BCUT2D eigenvalue weighted by Crippen LogP contribution is 2.29. The Morgan fingerprint density at radius 3 is 2.33 bits per heavy atom. The zero-order chi connectivity index (χ0) is 22.3. The SMILES string of the molecule is CC(=O)c1ccc(OCC(=O)O[C@@H](C)C(=O)Nc2ccc(OC(F)F)c(Cl)c2)cc1. The Hall–Kier alpha value is -3.20. The number of hydrogen-bond donors (Lipinski definition) is 1. The second-order valence-electron chi connectivity index (χ2n) is 6.01. The van der Waals surface area contributed by atoms with Gasteiger partial charge in [-0.05, 0) is 56.3 Å². The van der Waals surface area contributed by atoms with E-state index in [0.29, 0.717) is 11.3 Å². The second-order valence-corrected chi connectivity index (χ2v) is 6.42. The maximum Gasteiger partial charge on any atom is 0.387 e. The summed E-state index contributed by atoms with van der Waals surface area (Å²) in [6.07, 6.45) is -1.16. The molecule has 1 amide bonds. The van der Waals surface area contributed by atoms with Crippen LogP contribution in [0, 0.1) is 0 Å². The molecule has 0 aliphatic carbocycles. The largest absolute Gasteiger partial charge is 0.482 e. The van der Waals surface area contributed by atoms with Gasteiger partial charge in [0, 0.05) is 11.3 Å². The molecule has 1 N–H and O–H groups in total. The number of ether oxygens (including phenoxy) is 3. The van der Waals surface area contributed by atoms with Crippen LogP contribution in [0.5, 0.6) is 11.5 Å². The van der Waals surface area contributed by atoms with E-state index < -0.39 is 31.2 Å². The van der Waals surface area contributed by atoms with Crippen LogP contribution >= 0.6 is 11.6 Å². The number of amides is 1. The summed E-state index contributed by atoms with van der Waals surface area (Å²) >= 11 is 5.82. The molecule has 2 aromatic carbocycles. The van der Waals surface area contributed by atoms with Crippen molar-refractivity contribution in [1.82, 2.24) is 0 Å². The standard InChI is InChI=1S/C20H18ClF2NO6/c1-11(25)13-3-6-15(7-4-13)28-10-18(26)29-12(2)19(27)24-14-5-8-17(16(21)9-14)30-20(22)23/h3-9,12,20H,10H2,1-2H3,(H,24,27)/t12-/m0/s1. The van der Waals surface area contributed by atoms with Crippen LogP contribution in [0.15, 0.2) is 42.5 Å². The molecule has 0 aromatic heterocycles. The summed E-state index contributed by atoms with van der Waals surface area (Å²) in [7, 11) is 0. The van der Waals surface area contributed by atoms with Gasteiger partial charge in [0.25, 0.3) is 5.91 Å². The fraction of sp³-hybridized carbons (Fsp3) is 0.250. The summed E-state index contributed by atoms with van der Waals surface area (Å²) in [6.45, 7) is -0.691. The fourth-order valence-electron chi connectivity index (χ4n) is 2.23. The molecular weight excluding hydrogens is 424 g/mol. The fourth-order valence-corrected chi connectivity index (χ4v) is 2.45. The van der Waals surface area contributed by atoms with Crippen molar-refractivity contribution in [2.24, 2.45) is 0 Å². The minimum Gasteiger partial charge on any atom is -0.482 e. The van der Waals surface area contributed by atoms with Crippen molar-refractivity contribution >= 4 is 34.9 Å². The molecule has 160 valence electrons. The van der Waals surface area contributed by atoms with Crippen molar-refractivity contribution < 1.29 is 37.4 Å². The van der Waals surface area contributed by atoms with Crippen LogP contribution in [0.3, 0.4) is 0 Å². The van der Waals surface area contributed by atoms with E-state index in [0.717, 1.165) is 0 Å². The lowest BCUT2D eigenvalue weighted by atomic mass is 10.1. The van der Waals surface area contributed by atoms with Crippen molar-refractivity contribution in [2.75, 3.05) is 11.9 Å². The number of alkyl halides is 2. The average Bonchev–Trinajstić information content (AvgIpc) is 2.68. The summed E-state index contributed by atoms with van der Waals surface area (Å²) in [6, 6.07) is 9.88. The number of Topliss-reactive ketones (excluding diaryl/α,β-unsaturated/α-hetero) is 1. The molecule has 10 heteroatoms. The molecule has 2 aromatic rings. The van der Waals surface area contributed by atoms with E-state index >= 15 is 0 Å². The zero-order valence-electron chi connectivity index (χ0n) is 16.0. The number of carbonyl (C=O) groups is 3. The predicted octanol–water partition coefficient (Wildman–Crippen LogP) is 4.09. The van der Waals surface area contributed by atoms with Crippen molar-refractivity contribution in [3.8, 4) is 11.5 Å². The lowest BCUT2D eigenvalue weighted by molar-refractivity contribution is -0.155. The monoisotopic (exact) mass is 441 g/mol. The predicted molar refractivity (Wildman–Crippen MR) is 104 cm³/mol. The van der Waals surface area contributed by atoms with Gasteiger partial charge in [-0.25, -0.2) is 4.79 Å². The molecule has 1 atom stereocenters. The normalized spacial score (nSPS) is 11.5. The first-order valence-corrected chi connectivity index (χ1v) is 9.02. The molecule has 0 heterocycles. The van der Waals surface area contributed by atoms with Gasteiger partial charge in [-0.15, -0.1) is 0 Å². The number of carbonyl (C=O) groups excluding carboxylic acids is 3. The minimum atomic E-state index is -3.03. The molecule has 2 rings (SSSR count). The molecule has 0 saturated carbocycles. The zero-order valence-corrected chi connectivity index (χ0v) is 16.7. The smallest absolute Gasteiger partial charge is 0.387 e. The molecule has 0 saturated heterocycles. The van der Waals surface area contributed by atoms with Crippen LogP contribution in [0.25, 0.3) is 0 Å². The summed E-state index contributed by atoms with van der Waals surface area (Å²) < 4.78 is 38.9. The maximum atomic E-state index is 12.2. The van der Waals surface area contributed by atoms with Gasteiger partial charge in [-0.1, -0.05) is 11.6 Å². The Labute approximate surface area is 175 Å². The third-order valence-corrected chi connectivity index (χ3v) is 4.01. The molecule has 0 unspecified atom stereocenters. The van der Waals surface area contributed by atoms with Crippen molar-refractivity contribution in [2.45, 2.75) is 26.6 Å². The molecule has 0 bridgehead atoms. The van der Waals surface area contributed by atoms with E-state index in [9.17, 15) is 23.2 Å². The summed E-state index contributed by atoms with van der Waals surface area (Å²) in [5.74, 6) is -1.43. The van der Waals surface area contributed by atoms with E-state index in [-0.39, 0.29) is 22.2 Å². The number of anilines is 1. The minimum absolute atomic E-state index is 0.0988. The van der Waals surface area contributed by atoms with Crippen molar-refractivity contribution in [1.29, 1.82) is 0 Å². The van der Waals surface area contributed by atoms with Crippen LogP contribution in [0.2, 0.25) is 5.02 Å². The number of esters is 1. The molecule has 30 heavy (non-hydrogen) atoms. The maximum absolute atomic E-state index is 12.2. The van der Waals surface area contributed by atoms with Gasteiger partial charge in [0.05, 0.1) is 5.02 Å². The second kappa shape index (κ2) is 10.5. The Kier molecular flexibility index (Phi) is 8.11. The topological polar surface area (TPSA) is 90.9 Å². The first-order valence-electron chi connectivity index (χ1n) is 8.64. The van der Waals surface area contributed by atoms with E-state index in [1.54, 1.807) is 12.1 Å². The van der Waals surface area contributed by atoms with Gasteiger partial charge in [0.15, 0.2) is 18.5 Å². The number of hydrogen-bond acceptors (Lipinski definition) is 6. The Balaban J connectivity index is 1.83. The lowest BCUT2D eigenvalue weighted by Gasteiger charge is -2.15. The number of nitrogens with one attached hydrogen (secondary N) is 1. The Morgan fingerprint density at radius 2 is 1.77 bits per heavy atom. The van der Waals surface area contributed by atoms with Crippen LogP contribution in [-0.4, -0.2) is 37.0 Å². The van der Waals surface area contributed by atoms with Crippen molar-refractivity contribution in [3.63, 3.8) is 0 Å². The highest BCUT2D eigenvalue weighted by molar-refractivity contribution is 6.32. The highest BCUT2D eigenvalue weighted by Gasteiger charge is 2.19. The van der Waals surface area contributed by atoms with Gasteiger partial charge >= 0.3 is 12.6 Å². The highest BCUT2D eigenvalue weighted by atomic mass is 35.5. The lowest BCUT2D eigenvalue weighted by Crippen LogP contribution is -2.31. The van der Waals surface area contributed by atoms with E-state index in [1.807, 2.05) is 0 Å². The van der Waals surface area contributed by atoms with E-state index in [2.05, 4.69) is 10.1 Å². The van der Waals surface area contributed by atoms with E-state index in [4.69, 9.17) is 21.1 Å². The number of halogens is 3. The van der Waals surface area contributed by atoms with Gasteiger partial charge in [-0.3, -0.25) is 9.59 Å². The molecular formula is C20H18ClF2NO6. The average molecular weight is 442 g/mol. The third kappa shape index (κ3) is 7.00. The van der Waals surface area contributed by atoms with Crippen molar-refractivity contribution in [3.05, 3.63) is 53.1 Å². The Bertz CT molecular complexity index is 920. The summed E-state index contributed by atoms with van der Waals surface area (Å²) in [4.78, 5) is 35.2. The molecule has 0 radical (unpaired) electrons. The van der Waals surface area contributed by atoms with E-state index in [1.165, 1.54) is 44.2 Å². The number of benzene rings is 2. The summed E-state index contributed by atoms with van der Waals surface area (Å²) in [5, 5.41) is 2.32. The molecule has 0 fully saturated rings. The molecule has 0 aliphatic heterocycles. The first kappa shape index (κ1) is 23.1. The Morgan fingerprint density at radius 1 is 1.10 bits per heavy atom. The molecule has 0 aliphatic rings. The number of ketones is 1. The van der Waals surface area contributed by atoms with Gasteiger partial charge < -0.3 is 19.5 Å². The van der Waals surface area contributed by atoms with Gasteiger partial charge in [0.1, 0.15) is 11.5 Å².